The van der Waals surface area contributed by atoms with Crippen LogP contribution in [0, 0.1) is 6.92 Å². The Labute approximate surface area is 109 Å². The van der Waals surface area contributed by atoms with Crippen LogP contribution in [0.5, 0.6) is 0 Å². The minimum absolute atomic E-state index is 0.312. The summed E-state index contributed by atoms with van der Waals surface area (Å²) in [6.45, 7) is 4.74. The van der Waals surface area contributed by atoms with Gasteiger partial charge in [0.25, 0.3) is 0 Å². The molecule has 1 rings (SSSR count). The molecule has 0 spiro atoms. The van der Waals surface area contributed by atoms with E-state index >= 15 is 0 Å². The Morgan fingerprint density at radius 2 is 2.17 bits per heavy atom. The van der Waals surface area contributed by atoms with Gasteiger partial charge in [0.05, 0.1) is 12.3 Å². The van der Waals surface area contributed by atoms with Gasteiger partial charge in [0, 0.05) is 7.11 Å². The van der Waals surface area contributed by atoms with Crippen molar-refractivity contribution < 1.29 is 13.8 Å². The largest absolute Gasteiger partial charge is 0.643 e. The molecule has 1 aromatic rings. The molecule has 0 saturated heterocycles. The van der Waals surface area contributed by atoms with E-state index in [0.29, 0.717) is 13.2 Å². The molecule has 0 aliphatic rings. The summed E-state index contributed by atoms with van der Waals surface area (Å²) in [5.74, 6) is 0. The van der Waals surface area contributed by atoms with E-state index in [0.717, 1.165) is 11.3 Å². The first-order valence-electron chi connectivity index (χ1n) is 5.76. The van der Waals surface area contributed by atoms with Crippen LogP contribution in [-0.2, 0) is 13.8 Å². The molecule has 18 heavy (non-hydrogen) atoms. The number of ether oxygens (including phenoxy) is 1. The standard InChI is InChI=1S/C13H19NO3P/c1-4-5-12-10-13(7-6-11(12)2)14-18(15)17-9-8-16-3/h4-7,10H,8-9H2,1-3H3,(H,14,15)/q+1/b5-4-. The summed E-state index contributed by atoms with van der Waals surface area (Å²) in [4.78, 5) is 0. The van der Waals surface area contributed by atoms with Gasteiger partial charge in [-0.15, -0.1) is 4.52 Å². The van der Waals surface area contributed by atoms with Crippen LogP contribution in [-0.4, -0.2) is 20.3 Å². The molecule has 1 N–H and O–H groups in total. The number of rotatable bonds is 7. The molecule has 1 unspecified atom stereocenters. The Morgan fingerprint density at radius 1 is 1.39 bits per heavy atom. The predicted molar refractivity (Wildman–Crippen MR) is 74.9 cm³/mol. The molecule has 0 aliphatic carbocycles. The first-order chi connectivity index (χ1) is 8.67. The lowest BCUT2D eigenvalue weighted by Crippen LogP contribution is -1.99. The number of benzene rings is 1. The first kappa shape index (κ1) is 14.8. The van der Waals surface area contributed by atoms with Crippen LogP contribution in [0.25, 0.3) is 6.08 Å². The van der Waals surface area contributed by atoms with Crippen molar-refractivity contribution in [1.29, 1.82) is 0 Å². The van der Waals surface area contributed by atoms with Gasteiger partial charge in [0.1, 0.15) is 6.61 Å². The Bertz CT molecular complexity index is 432. The van der Waals surface area contributed by atoms with Gasteiger partial charge in [-0.05, 0) is 41.7 Å². The van der Waals surface area contributed by atoms with E-state index in [9.17, 15) is 4.57 Å². The van der Waals surface area contributed by atoms with Gasteiger partial charge in [-0.3, -0.25) is 0 Å². The maximum atomic E-state index is 11.6. The normalized spacial score (nSPS) is 11.8. The van der Waals surface area contributed by atoms with Crippen LogP contribution in [0.2, 0.25) is 0 Å². The van der Waals surface area contributed by atoms with Gasteiger partial charge in [-0.25, -0.2) is 0 Å². The summed E-state index contributed by atoms with van der Waals surface area (Å²) < 4.78 is 21.5. The molecule has 0 radical (unpaired) electrons. The van der Waals surface area contributed by atoms with Crippen molar-refractivity contribution in [1.82, 2.24) is 0 Å². The summed E-state index contributed by atoms with van der Waals surface area (Å²) in [6, 6.07) is 5.81. The zero-order chi connectivity index (χ0) is 13.4. The second-order valence-electron chi connectivity index (χ2n) is 3.77. The fourth-order valence-corrected chi connectivity index (χ4v) is 2.07. The molecule has 0 aromatic heterocycles. The Balaban J connectivity index is 2.61. The molecule has 4 nitrogen and oxygen atoms in total. The van der Waals surface area contributed by atoms with E-state index in [4.69, 9.17) is 9.26 Å². The third kappa shape index (κ3) is 4.96. The van der Waals surface area contributed by atoms with Crippen molar-refractivity contribution in [2.24, 2.45) is 0 Å². The fourth-order valence-electron chi connectivity index (χ4n) is 1.41. The van der Waals surface area contributed by atoms with E-state index < -0.39 is 8.18 Å². The molecule has 0 aliphatic heterocycles. The minimum atomic E-state index is -1.90. The highest BCUT2D eigenvalue weighted by Gasteiger charge is 2.17. The Kier molecular flexibility index (Phi) is 6.58. The monoisotopic (exact) mass is 268 g/mol. The molecule has 5 heteroatoms. The fraction of sp³-hybridized carbons (Fsp3) is 0.385. The van der Waals surface area contributed by atoms with Crippen molar-refractivity contribution in [2.45, 2.75) is 13.8 Å². The number of anilines is 1. The first-order valence-corrected chi connectivity index (χ1v) is 6.94. The number of hydrogen-bond donors (Lipinski definition) is 1. The van der Waals surface area contributed by atoms with E-state index in [1.165, 1.54) is 5.56 Å². The highest BCUT2D eigenvalue weighted by molar-refractivity contribution is 7.40. The lowest BCUT2D eigenvalue weighted by molar-refractivity contribution is 0.151. The zero-order valence-electron chi connectivity index (χ0n) is 11.0. The highest BCUT2D eigenvalue weighted by Crippen LogP contribution is 2.26. The molecule has 0 heterocycles. The maximum absolute atomic E-state index is 11.6. The van der Waals surface area contributed by atoms with Crippen LogP contribution < -0.4 is 5.09 Å². The van der Waals surface area contributed by atoms with Crippen LogP contribution in [0.15, 0.2) is 24.3 Å². The van der Waals surface area contributed by atoms with Gasteiger partial charge >= 0.3 is 8.18 Å². The SMILES string of the molecule is C/C=C\c1cc(N[P+](=O)OCCOC)ccc1C. The van der Waals surface area contributed by atoms with E-state index in [1.54, 1.807) is 7.11 Å². The van der Waals surface area contributed by atoms with Gasteiger partial charge in [-0.1, -0.05) is 18.2 Å². The zero-order valence-corrected chi connectivity index (χ0v) is 11.9. The van der Waals surface area contributed by atoms with E-state index in [-0.39, 0.29) is 0 Å². The van der Waals surface area contributed by atoms with Crippen molar-refractivity contribution in [3.05, 3.63) is 35.4 Å². The molecule has 0 bridgehead atoms. The van der Waals surface area contributed by atoms with Crippen LogP contribution in [0.4, 0.5) is 5.69 Å². The third-order valence-corrected chi connectivity index (χ3v) is 3.20. The molecule has 98 valence electrons. The maximum Gasteiger partial charge on any atom is 0.643 e. The number of nitrogens with one attached hydrogen (secondary N) is 1. The second kappa shape index (κ2) is 7.98. The summed E-state index contributed by atoms with van der Waals surface area (Å²) in [6.07, 6.45) is 3.99. The molecular formula is C13H19NO3P+. The van der Waals surface area contributed by atoms with Crippen LogP contribution in [0.1, 0.15) is 18.1 Å². The van der Waals surface area contributed by atoms with Crippen molar-refractivity contribution in [3.8, 4) is 0 Å². The quantitative estimate of drug-likeness (QED) is 0.604. The summed E-state index contributed by atoms with van der Waals surface area (Å²) in [7, 11) is -0.327. The topological polar surface area (TPSA) is 47.6 Å². The number of hydrogen-bond acceptors (Lipinski definition) is 3. The number of methoxy groups -OCH3 is 1. The number of aryl methyl sites for hydroxylation is 1. The minimum Gasteiger partial charge on any atom is -0.382 e. The molecule has 1 aromatic carbocycles. The summed E-state index contributed by atoms with van der Waals surface area (Å²) in [5.41, 5.74) is 3.06. The van der Waals surface area contributed by atoms with Crippen LogP contribution >= 0.6 is 8.18 Å². The van der Waals surface area contributed by atoms with Crippen molar-refractivity contribution in [3.63, 3.8) is 0 Å². The van der Waals surface area contributed by atoms with Gasteiger partial charge in [-0.2, -0.15) is 5.09 Å². The molecule has 0 saturated carbocycles. The van der Waals surface area contributed by atoms with E-state index in [2.05, 4.69) is 5.09 Å². The third-order valence-electron chi connectivity index (χ3n) is 2.34. The molecular weight excluding hydrogens is 249 g/mol. The lowest BCUT2D eigenvalue weighted by Gasteiger charge is -2.02. The average Bonchev–Trinajstić information content (AvgIpc) is 2.34. The lowest BCUT2D eigenvalue weighted by atomic mass is 10.1. The molecule has 0 amide bonds. The molecule has 1 atom stereocenters. The van der Waals surface area contributed by atoms with Crippen molar-refractivity contribution in [2.75, 3.05) is 25.4 Å². The van der Waals surface area contributed by atoms with Gasteiger partial charge in [0.2, 0.25) is 0 Å². The smallest absolute Gasteiger partial charge is 0.382 e. The average molecular weight is 268 g/mol. The highest BCUT2D eigenvalue weighted by atomic mass is 31.1. The van der Waals surface area contributed by atoms with Crippen molar-refractivity contribution >= 4 is 19.9 Å². The Hall–Kier alpha value is -1.22. The number of allylic oxidation sites excluding steroid dienone is 1. The van der Waals surface area contributed by atoms with E-state index in [1.807, 2.05) is 44.2 Å². The van der Waals surface area contributed by atoms with Gasteiger partial charge in [0.15, 0.2) is 0 Å². The summed E-state index contributed by atoms with van der Waals surface area (Å²) >= 11 is 0. The summed E-state index contributed by atoms with van der Waals surface area (Å²) in [5, 5.41) is 2.82. The molecule has 0 fully saturated rings. The second-order valence-corrected chi connectivity index (χ2v) is 4.76. The van der Waals surface area contributed by atoms with Crippen LogP contribution in [0.3, 0.4) is 0 Å². The van der Waals surface area contributed by atoms with Gasteiger partial charge < -0.3 is 4.74 Å². The Morgan fingerprint density at radius 3 is 2.83 bits per heavy atom. The predicted octanol–water partition coefficient (Wildman–Crippen LogP) is 3.76.